The second-order valence-electron chi connectivity index (χ2n) is 7.21. The second kappa shape index (κ2) is 8.46. The highest BCUT2D eigenvalue weighted by Crippen LogP contribution is 2.42. The summed E-state index contributed by atoms with van der Waals surface area (Å²) >= 11 is 0.870. The molecule has 4 aromatic rings. The minimum Gasteiger partial charge on any atom is -0.365 e. The first kappa shape index (κ1) is 21.6. The maximum Gasteiger partial charge on any atom is 0.280 e. The van der Waals surface area contributed by atoms with E-state index in [0.717, 1.165) is 17.0 Å². The first-order chi connectivity index (χ1) is 15.3. The van der Waals surface area contributed by atoms with Crippen LogP contribution in [0, 0.1) is 6.92 Å². The Hall–Kier alpha value is -3.66. The number of benzene rings is 1. The number of nitrogens with two attached hydrogens (primary N) is 1. The normalized spacial score (nSPS) is 12.3. The average molecular weight is 455 g/mol. The Morgan fingerprint density at radius 3 is 2.50 bits per heavy atom. The van der Waals surface area contributed by atoms with Crippen LogP contribution in [-0.4, -0.2) is 26.6 Å². The molecule has 3 heterocycles. The number of rotatable bonds is 6. The molecule has 0 spiro atoms. The number of aryl methyl sites for hydroxylation is 1. The molecule has 7 nitrogen and oxygen atoms in total. The van der Waals surface area contributed by atoms with Crippen LogP contribution in [0.15, 0.2) is 48.7 Å². The smallest absolute Gasteiger partial charge is 0.280 e. The van der Waals surface area contributed by atoms with Crippen molar-refractivity contribution >= 4 is 39.1 Å². The molecule has 3 N–H and O–H groups in total. The van der Waals surface area contributed by atoms with Gasteiger partial charge in [-0.2, -0.15) is 5.10 Å². The zero-order valence-corrected chi connectivity index (χ0v) is 18.0. The first-order valence-corrected chi connectivity index (χ1v) is 10.5. The van der Waals surface area contributed by atoms with E-state index in [1.165, 1.54) is 10.7 Å². The number of halogens is 2. The molecule has 0 fully saturated rings. The molecule has 0 bridgehead atoms. The molecular weight excluding hydrogens is 436 g/mol. The van der Waals surface area contributed by atoms with Gasteiger partial charge in [-0.1, -0.05) is 30.3 Å². The quantitative estimate of drug-likeness (QED) is 0.440. The Morgan fingerprint density at radius 1 is 1.19 bits per heavy atom. The second-order valence-corrected chi connectivity index (χ2v) is 8.21. The van der Waals surface area contributed by atoms with Gasteiger partial charge in [0.15, 0.2) is 0 Å². The molecule has 3 aromatic heterocycles. The van der Waals surface area contributed by atoms with Gasteiger partial charge >= 0.3 is 0 Å². The summed E-state index contributed by atoms with van der Waals surface area (Å²) in [5.41, 5.74) is 7.10. The van der Waals surface area contributed by atoms with Crippen molar-refractivity contribution in [2.75, 3.05) is 5.32 Å². The lowest BCUT2D eigenvalue weighted by molar-refractivity contribution is -0.119. The summed E-state index contributed by atoms with van der Waals surface area (Å²) in [7, 11) is 0. The van der Waals surface area contributed by atoms with Crippen LogP contribution < -0.4 is 11.1 Å². The summed E-state index contributed by atoms with van der Waals surface area (Å²) in [5, 5.41) is 7.40. The van der Waals surface area contributed by atoms with Crippen LogP contribution in [0.5, 0.6) is 0 Å². The number of amides is 2. The molecule has 0 aliphatic heterocycles. The molecule has 0 saturated carbocycles. The molecule has 1 aromatic carbocycles. The van der Waals surface area contributed by atoms with Crippen LogP contribution in [0.25, 0.3) is 21.3 Å². The number of pyridine rings is 1. The highest BCUT2D eigenvalue weighted by Gasteiger charge is 2.26. The first-order valence-electron chi connectivity index (χ1n) is 9.69. The number of aromatic nitrogens is 3. The van der Waals surface area contributed by atoms with Gasteiger partial charge in [-0.3, -0.25) is 14.3 Å². The van der Waals surface area contributed by atoms with Gasteiger partial charge in [0.2, 0.25) is 5.91 Å². The van der Waals surface area contributed by atoms with Crippen LogP contribution in [0.2, 0.25) is 0 Å². The van der Waals surface area contributed by atoms with Gasteiger partial charge < -0.3 is 11.1 Å². The van der Waals surface area contributed by atoms with Crippen molar-refractivity contribution in [3.8, 4) is 11.1 Å². The van der Waals surface area contributed by atoms with Crippen LogP contribution in [0.4, 0.5) is 14.5 Å². The van der Waals surface area contributed by atoms with Gasteiger partial charge in [-0.15, -0.1) is 11.3 Å². The molecule has 0 saturated heterocycles. The third-order valence-corrected chi connectivity index (χ3v) is 6.08. The number of primary amides is 1. The fourth-order valence-electron chi connectivity index (χ4n) is 3.36. The van der Waals surface area contributed by atoms with E-state index in [9.17, 15) is 18.4 Å². The Kier molecular flexibility index (Phi) is 5.70. The van der Waals surface area contributed by atoms with Crippen molar-refractivity contribution in [2.45, 2.75) is 26.3 Å². The number of hydrogen-bond donors (Lipinski definition) is 2. The maximum absolute atomic E-state index is 13.5. The van der Waals surface area contributed by atoms with E-state index in [-0.39, 0.29) is 15.4 Å². The van der Waals surface area contributed by atoms with Gasteiger partial charge in [0, 0.05) is 11.6 Å². The van der Waals surface area contributed by atoms with Crippen molar-refractivity contribution in [1.29, 1.82) is 0 Å². The minimum atomic E-state index is -2.80. The number of hydrogen-bond acceptors (Lipinski definition) is 5. The zero-order valence-electron chi connectivity index (χ0n) is 17.2. The van der Waals surface area contributed by atoms with Crippen LogP contribution >= 0.6 is 11.3 Å². The van der Waals surface area contributed by atoms with Gasteiger partial charge in [0.05, 0.1) is 11.4 Å². The van der Waals surface area contributed by atoms with Crippen LogP contribution in [-0.2, 0) is 4.79 Å². The van der Waals surface area contributed by atoms with Gasteiger partial charge in [0.1, 0.15) is 21.4 Å². The van der Waals surface area contributed by atoms with Crippen molar-refractivity contribution in [2.24, 2.45) is 5.73 Å². The van der Waals surface area contributed by atoms with E-state index in [0.29, 0.717) is 16.5 Å². The molecule has 1 unspecified atom stereocenters. The largest absolute Gasteiger partial charge is 0.365 e. The molecule has 0 aliphatic rings. The van der Waals surface area contributed by atoms with E-state index in [4.69, 9.17) is 5.73 Å². The minimum absolute atomic E-state index is 0.0355. The third kappa shape index (κ3) is 3.96. The van der Waals surface area contributed by atoms with E-state index >= 15 is 0 Å². The molecule has 164 valence electrons. The molecule has 0 radical (unpaired) electrons. The van der Waals surface area contributed by atoms with Crippen molar-refractivity contribution in [3.05, 3.63) is 64.9 Å². The molecular formula is C22H19F2N5O2S. The fourth-order valence-corrected chi connectivity index (χ4v) is 4.38. The summed E-state index contributed by atoms with van der Waals surface area (Å²) in [6.45, 7) is 3.46. The number of anilines is 1. The van der Waals surface area contributed by atoms with E-state index in [1.807, 2.05) is 0 Å². The van der Waals surface area contributed by atoms with Gasteiger partial charge in [0.25, 0.3) is 12.3 Å². The SMILES string of the molecule is Cc1ccn(C(C)C(=O)Nc2c(C(N)=O)sc3nc(C(F)F)cc(-c4ccccc4)c23)n1. The standard InChI is InChI=1S/C22H19F2N5O2S/c1-11-8-9-29(28-11)12(2)21(31)27-17-16-14(13-6-4-3-5-7-13)10-15(19(23)24)26-22(16)32-18(17)20(25)30/h3-10,12,19H,1-2H3,(H2,25,30)(H,27,31). The lowest BCUT2D eigenvalue weighted by atomic mass is 10.0. The topological polar surface area (TPSA) is 103 Å². The van der Waals surface area contributed by atoms with Crippen molar-refractivity contribution < 1.29 is 18.4 Å². The number of carbonyl (C=O) groups excluding carboxylic acids is 2. The number of alkyl halides is 2. The molecule has 4 rings (SSSR count). The van der Waals surface area contributed by atoms with E-state index < -0.39 is 30.0 Å². The fraction of sp³-hybridized carbons (Fsp3) is 0.182. The van der Waals surface area contributed by atoms with E-state index in [1.54, 1.807) is 56.4 Å². The third-order valence-electron chi connectivity index (χ3n) is 4.98. The van der Waals surface area contributed by atoms with Crippen LogP contribution in [0.1, 0.15) is 40.5 Å². The van der Waals surface area contributed by atoms with Crippen molar-refractivity contribution in [3.63, 3.8) is 0 Å². The zero-order chi connectivity index (χ0) is 23.0. The lowest BCUT2D eigenvalue weighted by Gasteiger charge is -2.14. The van der Waals surface area contributed by atoms with Gasteiger partial charge in [-0.05, 0) is 37.1 Å². The number of nitrogens with one attached hydrogen (secondary N) is 1. The summed E-state index contributed by atoms with van der Waals surface area (Å²) in [5.74, 6) is -1.23. The molecule has 1 atom stereocenters. The monoisotopic (exact) mass is 455 g/mol. The van der Waals surface area contributed by atoms with E-state index in [2.05, 4.69) is 15.4 Å². The molecule has 0 aliphatic carbocycles. The summed E-state index contributed by atoms with van der Waals surface area (Å²) < 4.78 is 28.6. The number of thiophene rings is 1. The predicted molar refractivity (Wildman–Crippen MR) is 119 cm³/mol. The molecule has 2 amide bonds. The Bertz CT molecular complexity index is 1320. The lowest BCUT2D eigenvalue weighted by Crippen LogP contribution is -2.25. The van der Waals surface area contributed by atoms with Crippen molar-refractivity contribution in [1.82, 2.24) is 14.8 Å². The highest BCUT2D eigenvalue weighted by atomic mass is 32.1. The summed E-state index contributed by atoms with van der Waals surface area (Å²) in [6, 6.07) is 11.2. The van der Waals surface area contributed by atoms with Crippen LogP contribution in [0.3, 0.4) is 0 Å². The summed E-state index contributed by atoms with van der Waals surface area (Å²) in [6.07, 6.45) is -1.13. The summed E-state index contributed by atoms with van der Waals surface area (Å²) in [4.78, 5) is 29.4. The van der Waals surface area contributed by atoms with Gasteiger partial charge in [-0.25, -0.2) is 13.8 Å². The Balaban J connectivity index is 1.90. The number of carbonyl (C=O) groups is 2. The Labute approximate surface area is 185 Å². The number of nitrogens with zero attached hydrogens (tertiary/aromatic N) is 3. The molecule has 10 heteroatoms. The highest BCUT2D eigenvalue weighted by molar-refractivity contribution is 7.21. The predicted octanol–water partition coefficient (Wildman–Crippen LogP) is 4.70. The Morgan fingerprint density at radius 2 is 1.91 bits per heavy atom. The number of fused-ring (bicyclic) bond motifs is 1. The average Bonchev–Trinajstić information content (AvgIpc) is 3.37. The molecule has 32 heavy (non-hydrogen) atoms. The maximum atomic E-state index is 13.5.